The molecule has 2 N–H and O–H groups in total. The van der Waals surface area contributed by atoms with Crippen molar-refractivity contribution in [1.82, 2.24) is 0 Å². The highest BCUT2D eigenvalue weighted by Crippen LogP contribution is 2.33. The highest BCUT2D eigenvalue weighted by Gasteiger charge is 2.13. The first-order valence-electron chi connectivity index (χ1n) is 5.32. The van der Waals surface area contributed by atoms with E-state index in [1.807, 2.05) is 24.3 Å². The zero-order valence-electron chi connectivity index (χ0n) is 9.69. The third-order valence-corrected chi connectivity index (χ3v) is 4.33. The molecule has 1 rings (SSSR count). The van der Waals surface area contributed by atoms with E-state index < -0.39 is 0 Å². The van der Waals surface area contributed by atoms with Crippen LogP contribution in [0.4, 0.5) is 0 Å². The molecule has 0 fully saturated rings. The fourth-order valence-electron chi connectivity index (χ4n) is 1.41. The Balaban J connectivity index is 2.55. The first kappa shape index (κ1) is 14.5. The van der Waals surface area contributed by atoms with Crippen molar-refractivity contribution < 1.29 is 9.53 Å². The molecule has 1 atom stereocenters. The molecule has 0 radical (unpaired) electrons. The van der Waals surface area contributed by atoms with E-state index in [-0.39, 0.29) is 11.2 Å². The lowest BCUT2D eigenvalue weighted by molar-refractivity contribution is -0.140. The predicted octanol–water partition coefficient (Wildman–Crippen LogP) is 2.75. The van der Waals surface area contributed by atoms with Gasteiger partial charge in [-0.05, 0) is 11.6 Å². The third kappa shape index (κ3) is 4.69. The maximum atomic E-state index is 11.0. The third-order valence-electron chi connectivity index (χ3n) is 2.32. The first-order chi connectivity index (χ1) is 8.19. The highest BCUT2D eigenvalue weighted by molar-refractivity contribution is 9.10. The number of carbonyl (C=O) groups excluding carboxylic acids is 1. The fourth-order valence-corrected chi connectivity index (χ4v) is 3.21. The minimum absolute atomic E-state index is 0.180. The Morgan fingerprint density at radius 1 is 1.53 bits per heavy atom. The van der Waals surface area contributed by atoms with Gasteiger partial charge in [0.05, 0.1) is 13.5 Å². The number of rotatable bonds is 6. The highest BCUT2D eigenvalue weighted by atomic mass is 79.9. The van der Waals surface area contributed by atoms with Crippen molar-refractivity contribution >= 4 is 33.7 Å². The maximum Gasteiger partial charge on any atom is 0.306 e. The Morgan fingerprint density at radius 2 is 2.24 bits per heavy atom. The number of ether oxygens (including phenoxy) is 1. The van der Waals surface area contributed by atoms with E-state index in [9.17, 15) is 4.79 Å². The summed E-state index contributed by atoms with van der Waals surface area (Å²) in [4.78, 5) is 11.0. The molecule has 0 spiro atoms. The molecule has 0 bridgehead atoms. The molecule has 17 heavy (non-hydrogen) atoms. The van der Waals surface area contributed by atoms with Crippen LogP contribution in [0, 0.1) is 0 Å². The van der Waals surface area contributed by atoms with Gasteiger partial charge in [-0.15, -0.1) is 0 Å². The Morgan fingerprint density at radius 3 is 2.82 bits per heavy atom. The van der Waals surface area contributed by atoms with Crippen molar-refractivity contribution in [2.24, 2.45) is 5.73 Å². The minimum atomic E-state index is -0.180. The largest absolute Gasteiger partial charge is 0.469 e. The van der Waals surface area contributed by atoms with Gasteiger partial charge in [0.15, 0.2) is 0 Å². The Hall–Kier alpha value is -0.520. The standard InChI is InChI=1S/C12H16BrNO2S/c1-16-12(15)6-7-17-11(8-14)9-4-2-3-5-10(9)13/h2-5,11H,6-8,14H2,1H3. The van der Waals surface area contributed by atoms with Gasteiger partial charge in [-0.2, -0.15) is 11.8 Å². The molecule has 1 aromatic carbocycles. The van der Waals surface area contributed by atoms with Crippen molar-refractivity contribution in [3.8, 4) is 0 Å². The smallest absolute Gasteiger partial charge is 0.306 e. The summed E-state index contributed by atoms with van der Waals surface area (Å²) in [6.07, 6.45) is 0.419. The summed E-state index contributed by atoms with van der Waals surface area (Å²) < 4.78 is 5.66. The summed E-state index contributed by atoms with van der Waals surface area (Å²) in [6, 6.07) is 8.01. The van der Waals surface area contributed by atoms with E-state index in [0.717, 1.165) is 10.2 Å². The molecule has 0 heterocycles. The zero-order valence-corrected chi connectivity index (χ0v) is 12.1. The van der Waals surface area contributed by atoms with Crippen LogP contribution in [0.5, 0.6) is 0 Å². The van der Waals surface area contributed by atoms with Gasteiger partial charge in [0.2, 0.25) is 0 Å². The number of hydrogen-bond donors (Lipinski definition) is 1. The van der Waals surface area contributed by atoms with Crippen LogP contribution >= 0.6 is 27.7 Å². The molecule has 0 saturated carbocycles. The molecule has 0 saturated heterocycles. The van der Waals surface area contributed by atoms with Crippen LogP contribution in [0.3, 0.4) is 0 Å². The topological polar surface area (TPSA) is 52.3 Å². The van der Waals surface area contributed by atoms with Gasteiger partial charge >= 0.3 is 5.97 Å². The summed E-state index contributed by atoms with van der Waals surface area (Å²) in [6.45, 7) is 0.550. The lowest BCUT2D eigenvalue weighted by Gasteiger charge is -2.16. The van der Waals surface area contributed by atoms with Crippen LogP contribution in [0.15, 0.2) is 28.7 Å². The van der Waals surface area contributed by atoms with E-state index in [2.05, 4.69) is 20.7 Å². The number of thioether (sulfide) groups is 1. The monoisotopic (exact) mass is 317 g/mol. The summed E-state index contributed by atoms with van der Waals surface area (Å²) in [7, 11) is 1.40. The number of carbonyl (C=O) groups is 1. The first-order valence-corrected chi connectivity index (χ1v) is 7.16. The molecular weight excluding hydrogens is 302 g/mol. The number of hydrogen-bond acceptors (Lipinski definition) is 4. The van der Waals surface area contributed by atoms with Gasteiger partial charge in [-0.3, -0.25) is 4.79 Å². The molecule has 5 heteroatoms. The van der Waals surface area contributed by atoms with Gasteiger partial charge in [0.25, 0.3) is 0 Å². The second-order valence-corrected chi connectivity index (χ2v) is 5.61. The number of methoxy groups -OCH3 is 1. The van der Waals surface area contributed by atoms with Crippen LogP contribution in [-0.4, -0.2) is 25.4 Å². The van der Waals surface area contributed by atoms with Gasteiger partial charge in [0, 0.05) is 22.0 Å². The second-order valence-electron chi connectivity index (χ2n) is 3.44. The molecule has 3 nitrogen and oxygen atoms in total. The Bertz CT molecular complexity index is 373. The van der Waals surface area contributed by atoms with Crippen molar-refractivity contribution in [3.63, 3.8) is 0 Å². The number of esters is 1. The summed E-state index contributed by atoms with van der Waals surface area (Å²) >= 11 is 5.19. The van der Waals surface area contributed by atoms with Crippen LogP contribution in [0.2, 0.25) is 0 Å². The van der Waals surface area contributed by atoms with Gasteiger partial charge < -0.3 is 10.5 Å². The van der Waals surface area contributed by atoms with Crippen LogP contribution in [-0.2, 0) is 9.53 Å². The average Bonchev–Trinajstić information content (AvgIpc) is 2.35. The molecule has 0 aromatic heterocycles. The van der Waals surface area contributed by atoms with Crippen LogP contribution in [0.25, 0.3) is 0 Å². The van der Waals surface area contributed by atoms with E-state index in [1.54, 1.807) is 11.8 Å². The SMILES string of the molecule is COC(=O)CCSC(CN)c1ccccc1Br. The predicted molar refractivity (Wildman–Crippen MR) is 75.0 cm³/mol. The van der Waals surface area contributed by atoms with Crippen molar-refractivity contribution in [1.29, 1.82) is 0 Å². The van der Waals surface area contributed by atoms with Crippen molar-refractivity contribution in [3.05, 3.63) is 34.3 Å². The fraction of sp³-hybridized carbons (Fsp3) is 0.417. The number of benzene rings is 1. The lowest BCUT2D eigenvalue weighted by Crippen LogP contribution is -2.11. The summed E-state index contributed by atoms with van der Waals surface area (Å²) in [5.74, 6) is 0.538. The minimum Gasteiger partial charge on any atom is -0.469 e. The molecule has 1 unspecified atom stereocenters. The Labute approximate surface area is 114 Å². The molecular formula is C12H16BrNO2S. The zero-order chi connectivity index (χ0) is 12.7. The quantitative estimate of drug-likeness (QED) is 0.820. The van der Waals surface area contributed by atoms with E-state index in [0.29, 0.717) is 13.0 Å². The van der Waals surface area contributed by atoms with Crippen LogP contribution in [0.1, 0.15) is 17.2 Å². The maximum absolute atomic E-state index is 11.0. The molecule has 1 aromatic rings. The normalized spacial score (nSPS) is 12.2. The number of halogens is 1. The molecule has 94 valence electrons. The summed E-state index contributed by atoms with van der Waals surface area (Å²) in [5, 5.41) is 0.204. The average molecular weight is 318 g/mol. The molecule has 0 aliphatic carbocycles. The van der Waals surface area contributed by atoms with Gasteiger partial charge in [-0.1, -0.05) is 34.1 Å². The Kier molecular flexibility index (Phi) is 6.62. The molecule has 0 amide bonds. The van der Waals surface area contributed by atoms with E-state index in [4.69, 9.17) is 5.73 Å². The molecule has 0 aliphatic heterocycles. The van der Waals surface area contributed by atoms with Crippen molar-refractivity contribution in [2.45, 2.75) is 11.7 Å². The molecule has 0 aliphatic rings. The van der Waals surface area contributed by atoms with Crippen LogP contribution < -0.4 is 5.73 Å². The summed E-state index contributed by atoms with van der Waals surface area (Å²) in [5.41, 5.74) is 6.94. The van der Waals surface area contributed by atoms with Gasteiger partial charge in [-0.25, -0.2) is 0 Å². The van der Waals surface area contributed by atoms with E-state index in [1.165, 1.54) is 12.7 Å². The lowest BCUT2D eigenvalue weighted by atomic mass is 10.1. The number of nitrogens with two attached hydrogens (primary N) is 1. The van der Waals surface area contributed by atoms with Gasteiger partial charge in [0.1, 0.15) is 0 Å². The second kappa shape index (κ2) is 7.74. The van der Waals surface area contributed by atoms with E-state index >= 15 is 0 Å². The van der Waals surface area contributed by atoms with Crippen molar-refractivity contribution in [2.75, 3.05) is 19.4 Å².